The number of ketones is 1. The number of carbonyl (C=O) groups excluding carboxylic acids is 2. The zero-order chi connectivity index (χ0) is 23.3. The van der Waals surface area contributed by atoms with Gasteiger partial charge in [-0.15, -0.1) is 0 Å². The molecule has 3 aromatic carbocycles. The first-order valence-electron chi connectivity index (χ1n) is 11.6. The van der Waals surface area contributed by atoms with Gasteiger partial charge >= 0.3 is 5.97 Å². The van der Waals surface area contributed by atoms with Crippen LogP contribution in [0.2, 0.25) is 0 Å². The topological polar surface area (TPSA) is 46.6 Å². The molecule has 1 atom stereocenters. The van der Waals surface area contributed by atoms with Crippen molar-refractivity contribution in [2.75, 3.05) is 0 Å². The minimum absolute atomic E-state index is 0.184. The number of nitrogens with zero attached hydrogens (tertiary/aromatic N) is 1. The lowest BCUT2D eigenvalue weighted by atomic mass is 10.0. The largest absolute Gasteiger partial charge is 0.460 e. The average molecular weight is 444 g/mol. The lowest BCUT2D eigenvalue weighted by Gasteiger charge is -2.30. The Kier molecular flexibility index (Phi) is 9.86. The minimum atomic E-state index is -0.388. The van der Waals surface area contributed by atoms with Crippen LogP contribution in [0.25, 0.3) is 0 Å². The zero-order valence-corrected chi connectivity index (χ0v) is 19.4. The van der Waals surface area contributed by atoms with Crippen LogP contribution in [0.15, 0.2) is 91.0 Å². The minimum Gasteiger partial charge on any atom is -0.460 e. The van der Waals surface area contributed by atoms with Gasteiger partial charge in [0.15, 0.2) is 0 Å². The van der Waals surface area contributed by atoms with Crippen molar-refractivity contribution in [3.63, 3.8) is 0 Å². The van der Waals surface area contributed by atoms with Crippen molar-refractivity contribution < 1.29 is 14.3 Å². The Morgan fingerprint density at radius 2 is 1.21 bits per heavy atom. The summed E-state index contributed by atoms with van der Waals surface area (Å²) >= 11 is 0. The van der Waals surface area contributed by atoms with Gasteiger partial charge in [-0.25, -0.2) is 0 Å². The van der Waals surface area contributed by atoms with Gasteiger partial charge in [0.25, 0.3) is 0 Å². The second-order valence-electron chi connectivity index (χ2n) is 8.43. The maximum Gasteiger partial charge on any atom is 0.323 e. The highest BCUT2D eigenvalue weighted by Crippen LogP contribution is 2.20. The number of carbonyl (C=O) groups is 2. The van der Waals surface area contributed by atoms with Gasteiger partial charge in [0, 0.05) is 19.5 Å². The fraction of sp³-hybridized carbons (Fsp3) is 0.310. The van der Waals surface area contributed by atoms with Crippen molar-refractivity contribution in [2.24, 2.45) is 0 Å². The van der Waals surface area contributed by atoms with Crippen molar-refractivity contribution in [2.45, 2.75) is 58.3 Å². The van der Waals surface area contributed by atoms with Crippen molar-refractivity contribution in [3.8, 4) is 0 Å². The second-order valence-corrected chi connectivity index (χ2v) is 8.43. The second kappa shape index (κ2) is 13.3. The van der Waals surface area contributed by atoms with E-state index in [4.69, 9.17) is 4.74 Å². The molecule has 4 nitrogen and oxygen atoms in total. The predicted octanol–water partition coefficient (Wildman–Crippen LogP) is 5.95. The van der Waals surface area contributed by atoms with E-state index in [9.17, 15) is 9.59 Å². The summed E-state index contributed by atoms with van der Waals surface area (Å²) in [6.07, 6.45) is 2.77. The molecule has 0 aliphatic rings. The van der Waals surface area contributed by atoms with E-state index < -0.39 is 0 Å². The van der Waals surface area contributed by atoms with Crippen LogP contribution in [0, 0.1) is 0 Å². The predicted molar refractivity (Wildman–Crippen MR) is 131 cm³/mol. The van der Waals surface area contributed by atoms with Crippen molar-refractivity contribution in [3.05, 3.63) is 108 Å². The maximum atomic E-state index is 13.3. The number of Topliss-reactive ketones (excluding diaryl/α,β-unsaturated/α-hetero) is 1. The molecule has 0 spiro atoms. The Balaban J connectivity index is 1.78. The van der Waals surface area contributed by atoms with Gasteiger partial charge in [0.1, 0.15) is 18.4 Å². The number of hydrogen-bond acceptors (Lipinski definition) is 4. The molecule has 4 heteroatoms. The summed E-state index contributed by atoms with van der Waals surface area (Å²) in [6.45, 7) is 3.16. The van der Waals surface area contributed by atoms with Crippen LogP contribution >= 0.6 is 0 Å². The molecule has 0 bridgehead atoms. The molecular weight excluding hydrogens is 410 g/mol. The number of esters is 1. The Morgan fingerprint density at radius 3 is 1.70 bits per heavy atom. The first-order chi connectivity index (χ1) is 16.1. The molecule has 0 N–H and O–H groups in total. The quantitative estimate of drug-likeness (QED) is 0.242. The van der Waals surface area contributed by atoms with Crippen LogP contribution in [0.4, 0.5) is 0 Å². The van der Waals surface area contributed by atoms with Crippen LogP contribution in [0.3, 0.4) is 0 Å². The van der Waals surface area contributed by atoms with E-state index in [1.807, 2.05) is 66.7 Å². The highest BCUT2D eigenvalue weighted by molar-refractivity contribution is 5.76. The summed E-state index contributed by atoms with van der Waals surface area (Å²) in [5, 5.41) is 0. The van der Waals surface area contributed by atoms with Gasteiger partial charge in [-0.3, -0.25) is 9.69 Å². The van der Waals surface area contributed by atoms with Crippen molar-refractivity contribution >= 4 is 11.8 Å². The van der Waals surface area contributed by atoms with Crippen molar-refractivity contribution in [1.29, 1.82) is 0 Å². The molecule has 0 aromatic heterocycles. The molecule has 0 aliphatic heterocycles. The van der Waals surface area contributed by atoms with E-state index in [-0.39, 0.29) is 24.4 Å². The highest BCUT2D eigenvalue weighted by atomic mass is 16.5. The molecule has 33 heavy (non-hydrogen) atoms. The monoisotopic (exact) mass is 443 g/mol. The van der Waals surface area contributed by atoms with Crippen molar-refractivity contribution in [1.82, 2.24) is 4.90 Å². The SMILES string of the molecule is CC(=O)CCCC[C@@H](C(=O)OCc1ccccc1)N(Cc1ccccc1)Cc1ccccc1. The summed E-state index contributed by atoms with van der Waals surface area (Å²) in [6, 6.07) is 29.8. The number of hydrogen-bond donors (Lipinski definition) is 0. The summed E-state index contributed by atoms with van der Waals surface area (Å²) in [4.78, 5) is 26.9. The number of benzene rings is 3. The molecule has 0 saturated carbocycles. The molecule has 0 heterocycles. The molecule has 0 radical (unpaired) electrons. The zero-order valence-electron chi connectivity index (χ0n) is 19.4. The fourth-order valence-corrected chi connectivity index (χ4v) is 3.90. The van der Waals surface area contributed by atoms with Gasteiger partial charge in [0.05, 0.1) is 0 Å². The first-order valence-corrected chi connectivity index (χ1v) is 11.6. The van der Waals surface area contributed by atoms with E-state index in [1.165, 1.54) is 0 Å². The molecular formula is C29H33NO3. The van der Waals surface area contributed by atoms with Gasteiger partial charge in [-0.05, 0) is 36.5 Å². The molecule has 0 aliphatic carbocycles. The number of rotatable bonds is 13. The fourth-order valence-electron chi connectivity index (χ4n) is 3.90. The molecule has 0 fully saturated rings. The van der Waals surface area contributed by atoms with Crippen LogP contribution in [-0.4, -0.2) is 22.7 Å². The summed E-state index contributed by atoms with van der Waals surface area (Å²) in [5.41, 5.74) is 3.27. The number of unbranched alkanes of at least 4 members (excludes halogenated alkanes) is 1. The summed E-state index contributed by atoms with van der Waals surface area (Å²) in [7, 11) is 0. The van der Waals surface area contributed by atoms with Gasteiger partial charge in [0.2, 0.25) is 0 Å². The van der Waals surface area contributed by atoms with E-state index in [0.29, 0.717) is 25.9 Å². The van der Waals surface area contributed by atoms with Gasteiger partial charge < -0.3 is 9.53 Å². The van der Waals surface area contributed by atoms with E-state index >= 15 is 0 Å². The first kappa shape index (κ1) is 24.4. The van der Waals surface area contributed by atoms with Crippen LogP contribution in [0.5, 0.6) is 0 Å². The Morgan fingerprint density at radius 1 is 0.727 bits per heavy atom. The summed E-state index contributed by atoms with van der Waals surface area (Å²) in [5.74, 6) is -0.0304. The third-order valence-electron chi connectivity index (χ3n) is 5.65. The third kappa shape index (κ3) is 8.66. The number of ether oxygens (including phenoxy) is 1. The molecule has 0 unspecified atom stereocenters. The third-order valence-corrected chi connectivity index (χ3v) is 5.65. The average Bonchev–Trinajstić information content (AvgIpc) is 2.84. The van der Waals surface area contributed by atoms with E-state index in [0.717, 1.165) is 29.5 Å². The van der Waals surface area contributed by atoms with Crippen LogP contribution < -0.4 is 0 Å². The molecule has 172 valence electrons. The Hall–Kier alpha value is -3.24. The van der Waals surface area contributed by atoms with Gasteiger partial charge in [-0.1, -0.05) is 97.4 Å². The lowest BCUT2D eigenvalue weighted by molar-refractivity contribution is -0.152. The van der Waals surface area contributed by atoms with E-state index in [1.54, 1.807) is 6.92 Å². The smallest absolute Gasteiger partial charge is 0.323 e. The van der Waals surface area contributed by atoms with Crippen LogP contribution in [-0.2, 0) is 34.0 Å². The van der Waals surface area contributed by atoms with E-state index in [2.05, 4.69) is 29.2 Å². The highest BCUT2D eigenvalue weighted by Gasteiger charge is 2.27. The molecule has 0 amide bonds. The normalized spacial score (nSPS) is 11.8. The standard InChI is InChI=1S/C29H33NO3/c1-24(31)13-11-12-20-28(29(32)33-23-27-18-9-4-10-19-27)30(21-25-14-5-2-6-15-25)22-26-16-7-3-8-17-26/h2-10,14-19,28H,11-13,20-23H2,1H3/t28-/m0/s1. The molecule has 3 aromatic rings. The lowest BCUT2D eigenvalue weighted by Crippen LogP contribution is -2.41. The molecule has 3 rings (SSSR count). The Bertz CT molecular complexity index is 932. The molecule has 0 saturated heterocycles. The Labute approximate surface area is 197 Å². The summed E-state index contributed by atoms with van der Waals surface area (Å²) < 4.78 is 5.78. The van der Waals surface area contributed by atoms with Gasteiger partial charge in [-0.2, -0.15) is 0 Å². The maximum absolute atomic E-state index is 13.3. The van der Waals surface area contributed by atoms with Crippen LogP contribution in [0.1, 0.15) is 49.3 Å².